The lowest BCUT2D eigenvalue weighted by molar-refractivity contribution is 0.0593. The van der Waals surface area contributed by atoms with E-state index in [2.05, 4.69) is 4.98 Å². The number of aryl methyl sites for hydroxylation is 1. The normalized spacial score (nSPS) is 10.4. The van der Waals surface area contributed by atoms with Crippen LogP contribution in [0.1, 0.15) is 37.7 Å². The SMILES string of the molecule is CCc1sc(CC(=O)c2ccc(Cl)cc2)nc1C(=O)OC. The first-order valence-corrected chi connectivity index (χ1v) is 7.60. The number of aromatic nitrogens is 1. The summed E-state index contributed by atoms with van der Waals surface area (Å²) in [6, 6.07) is 6.71. The van der Waals surface area contributed by atoms with Crippen molar-refractivity contribution in [1.29, 1.82) is 0 Å². The third kappa shape index (κ3) is 3.68. The molecule has 0 saturated carbocycles. The molecule has 1 heterocycles. The molecule has 0 aliphatic rings. The van der Waals surface area contributed by atoms with Crippen LogP contribution in [-0.4, -0.2) is 23.8 Å². The van der Waals surface area contributed by atoms with E-state index < -0.39 is 5.97 Å². The van der Waals surface area contributed by atoms with Gasteiger partial charge in [0.15, 0.2) is 11.5 Å². The van der Waals surface area contributed by atoms with Gasteiger partial charge in [-0.25, -0.2) is 9.78 Å². The molecule has 2 aromatic rings. The number of thiazole rings is 1. The molecule has 0 radical (unpaired) electrons. The highest BCUT2D eigenvalue weighted by molar-refractivity contribution is 7.12. The van der Waals surface area contributed by atoms with Gasteiger partial charge in [-0.3, -0.25) is 4.79 Å². The van der Waals surface area contributed by atoms with Crippen molar-refractivity contribution in [1.82, 2.24) is 4.98 Å². The Morgan fingerprint density at radius 2 is 1.95 bits per heavy atom. The second-order valence-electron chi connectivity index (χ2n) is 4.33. The molecule has 0 spiro atoms. The Kier molecular flexibility index (Phi) is 5.09. The minimum atomic E-state index is -0.465. The van der Waals surface area contributed by atoms with Gasteiger partial charge in [0, 0.05) is 15.5 Å². The molecular weight excluding hydrogens is 310 g/mol. The molecule has 110 valence electrons. The van der Waals surface area contributed by atoms with Gasteiger partial charge in [-0.1, -0.05) is 18.5 Å². The second kappa shape index (κ2) is 6.83. The zero-order chi connectivity index (χ0) is 15.4. The fourth-order valence-corrected chi connectivity index (χ4v) is 2.97. The number of hydrogen-bond donors (Lipinski definition) is 0. The van der Waals surface area contributed by atoms with Crippen molar-refractivity contribution < 1.29 is 14.3 Å². The predicted octanol–water partition coefficient (Wildman–Crippen LogP) is 3.57. The van der Waals surface area contributed by atoms with Crippen LogP contribution in [0.5, 0.6) is 0 Å². The molecular formula is C15H14ClNO3S. The van der Waals surface area contributed by atoms with E-state index in [4.69, 9.17) is 16.3 Å². The summed E-state index contributed by atoms with van der Waals surface area (Å²) < 4.78 is 4.70. The lowest BCUT2D eigenvalue weighted by atomic mass is 10.1. The van der Waals surface area contributed by atoms with E-state index >= 15 is 0 Å². The van der Waals surface area contributed by atoms with Crippen LogP contribution in [0.2, 0.25) is 5.02 Å². The number of ketones is 1. The first kappa shape index (κ1) is 15.7. The second-order valence-corrected chi connectivity index (χ2v) is 5.94. The smallest absolute Gasteiger partial charge is 0.357 e. The van der Waals surface area contributed by atoms with Crippen molar-refractivity contribution in [3.8, 4) is 0 Å². The van der Waals surface area contributed by atoms with Gasteiger partial charge in [0.2, 0.25) is 0 Å². The Morgan fingerprint density at radius 1 is 1.29 bits per heavy atom. The third-order valence-electron chi connectivity index (χ3n) is 2.92. The van der Waals surface area contributed by atoms with Crippen LogP contribution in [-0.2, 0) is 17.6 Å². The van der Waals surface area contributed by atoms with Crippen LogP contribution in [0.3, 0.4) is 0 Å². The molecule has 0 aliphatic carbocycles. The first-order chi connectivity index (χ1) is 10.0. The topological polar surface area (TPSA) is 56.3 Å². The Labute approximate surface area is 131 Å². The summed E-state index contributed by atoms with van der Waals surface area (Å²) in [5.41, 5.74) is 0.885. The summed E-state index contributed by atoms with van der Waals surface area (Å²) >= 11 is 7.17. The van der Waals surface area contributed by atoms with Gasteiger partial charge in [0.05, 0.1) is 13.5 Å². The summed E-state index contributed by atoms with van der Waals surface area (Å²) in [4.78, 5) is 28.9. The van der Waals surface area contributed by atoms with E-state index in [9.17, 15) is 9.59 Å². The maximum atomic E-state index is 12.2. The fraction of sp³-hybridized carbons (Fsp3) is 0.267. The number of Topliss-reactive ketones (excluding diaryl/α,β-unsaturated/α-hetero) is 1. The minimum absolute atomic E-state index is 0.0560. The molecule has 0 aliphatic heterocycles. The molecule has 1 aromatic heterocycles. The molecule has 0 bridgehead atoms. The summed E-state index contributed by atoms with van der Waals surface area (Å²) in [5.74, 6) is -0.521. The van der Waals surface area contributed by atoms with Gasteiger partial charge in [0.1, 0.15) is 5.01 Å². The molecule has 6 heteroatoms. The molecule has 0 amide bonds. The van der Waals surface area contributed by atoms with E-state index in [0.717, 1.165) is 4.88 Å². The number of benzene rings is 1. The van der Waals surface area contributed by atoms with Crippen LogP contribution < -0.4 is 0 Å². The Bertz CT molecular complexity index is 664. The quantitative estimate of drug-likeness (QED) is 0.623. The number of ether oxygens (including phenoxy) is 1. The fourth-order valence-electron chi connectivity index (χ4n) is 1.85. The molecule has 1 aromatic carbocycles. The Morgan fingerprint density at radius 3 is 2.52 bits per heavy atom. The standard InChI is InChI=1S/C15H14ClNO3S/c1-3-12-14(15(19)20-2)17-13(21-12)8-11(18)9-4-6-10(16)7-5-9/h4-7H,3,8H2,1-2H3. The summed E-state index contributed by atoms with van der Waals surface area (Å²) in [6.07, 6.45) is 0.841. The summed E-state index contributed by atoms with van der Waals surface area (Å²) in [5, 5.41) is 1.20. The van der Waals surface area contributed by atoms with Crippen molar-refractivity contribution in [3.63, 3.8) is 0 Å². The summed E-state index contributed by atoms with van der Waals surface area (Å²) in [7, 11) is 1.32. The van der Waals surface area contributed by atoms with Gasteiger partial charge in [-0.15, -0.1) is 11.3 Å². The van der Waals surface area contributed by atoms with Gasteiger partial charge >= 0.3 is 5.97 Å². The molecule has 0 saturated heterocycles. The third-order valence-corrected chi connectivity index (χ3v) is 4.37. The lowest BCUT2D eigenvalue weighted by Gasteiger charge is -1.98. The van der Waals surface area contributed by atoms with Gasteiger partial charge in [0.25, 0.3) is 0 Å². The summed E-state index contributed by atoms with van der Waals surface area (Å²) in [6.45, 7) is 1.94. The molecule has 0 unspecified atom stereocenters. The predicted molar refractivity (Wildman–Crippen MR) is 82.3 cm³/mol. The highest BCUT2D eigenvalue weighted by Crippen LogP contribution is 2.22. The molecule has 0 atom stereocenters. The number of carbonyl (C=O) groups is 2. The van der Waals surface area contributed by atoms with Crippen molar-refractivity contribution in [2.45, 2.75) is 19.8 Å². The molecule has 0 N–H and O–H groups in total. The highest BCUT2D eigenvalue weighted by atomic mass is 35.5. The van der Waals surface area contributed by atoms with E-state index in [1.54, 1.807) is 24.3 Å². The van der Waals surface area contributed by atoms with Crippen LogP contribution >= 0.6 is 22.9 Å². The minimum Gasteiger partial charge on any atom is -0.464 e. The van der Waals surface area contributed by atoms with Crippen LogP contribution in [0, 0.1) is 0 Å². The van der Waals surface area contributed by atoms with Crippen molar-refractivity contribution >= 4 is 34.7 Å². The number of rotatable bonds is 5. The number of hydrogen-bond acceptors (Lipinski definition) is 5. The Hall–Kier alpha value is -1.72. The number of esters is 1. The Balaban J connectivity index is 2.19. The zero-order valence-electron chi connectivity index (χ0n) is 11.7. The lowest BCUT2D eigenvalue weighted by Crippen LogP contribution is -2.06. The highest BCUT2D eigenvalue weighted by Gasteiger charge is 2.19. The average Bonchev–Trinajstić information content (AvgIpc) is 2.90. The van der Waals surface area contributed by atoms with Gasteiger partial charge in [-0.05, 0) is 30.7 Å². The van der Waals surface area contributed by atoms with Crippen LogP contribution in [0.4, 0.5) is 0 Å². The molecule has 2 rings (SSSR count). The van der Waals surface area contributed by atoms with Crippen LogP contribution in [0.15, 0.2) is 24.3 Å². The van der Waals surface area contributed by atoms with Crippen LogP contribution in [0.25, 0.3) is 0 Å². The molecule has 0 fully saturated rings. The maximum absolute atomic E-state index is 12.2. The largest absolute Gasteiger partial charge is 0.464 e. The van der Waals surface area contributed by atoms with Crippen molar-refractivity contribution in [2.75, 3.05) is 7.11 Å². The van der Waals surface area contributed by atoms with E-state index in [1.807, 2.05) is 6.92 Å². The van der Waals surface area contributed by atoms with Crippen molar-refractivity contribution in [2.24, 2.45) is 0 Å². The monoisotopic (exact) mass is 323 g/mol. The number of carbonyl (C=O) groups excluding carboxylic acids is 2. The number of halogens is 1. The first-order valence-electron chi connectivity index (χ1n) is 6.40. The van der Waals surface area contributed by atoms with Gasteiger partial charge < -0.3 is 4.74 Å². The van der Waals surface area contributed by atoms with Gasteiger partial charge in [-0.2, -0.15) is 0 Å². The average molecular weight is 324 g/mol. The maximum Gasteiger partial charge on any atom is 0.357 e. The van der Waals surface area contributed by atoms with E-state index in [-0.39, 0.29) is 12.2 Å². The van der Waals surface area contributed by atoms with Crippen molar-refractivity contribution in [3.05, 3.63) is 50.4 Å². The molecule has 4 nitrogen and oxygen atoms in total. The van der Waals surface area contributed by atoms with E-state index in [1.165, 1.54) is 18.4 Å². The van der Waals surface area contributed by atoms with E-state index in [0.29, 0.717) is 27.7 Å². The zero-order valence-corrected chi connectivity index (χ0v) is 13.3. The molecule has 21 heavy (non-hydrogen) atoms. The number of nitrogens with zero attached hydrogens (tertiary/aromatic N) is 1. The number of methoxy groups -OCH3 is 1.